The molecule has 1 aliphatic rings. The van der Waals surface area contributed by atoms with E-state index in [4.69, 9.17) is 9.47 Å². The van der Waals surface area contributed by atoms with E-state index in [0.29, 0.717) is 28.7 Å². The van der Waals surface area contributed by atoms with Crippen molar-refractivity contribution in [1.82, 2.24) is 0 Å². The molecule has 0 spiro atoms. The number of para-hydroxylation sites is 2. The predicted molar refractivity (Wildman–Crippen MR) is 99.1 cm³/mol. The summed E-state index contributed by atoms with van der Waals surface area (Å²) < 4.78 is 10.7. The van der Waals surface area contributed by atoms with Gasteiger partial charge in [0.05, 0.1) is 24.3 Å². The number of imide groups is 1. The molecule has 25 heavy (non-hydrogen) atoms. The van der Waals surface area contributed by atoms with Gasteiger partial charge in [-0.1, -0.05) is 24.3 Å². The molecule has 6 heteroatoms. The molecule has 0 unspecified atom stereocenters. The highest BCUT2D eigenvalue weighted by Gasteiger charge is 2.37. The Morgan fingerprint density at radius 1 is 1.12 bits per heavy atom. The Labute approximate surface area is 150 Å². The lowest BCUT2D eigenvalue weighted by Crippen LogP contribution is -2.28. The molecule has 1 saturated heterocycles. The molecule has 0 radical (unpaired) electrons. The molecule has 0 N–H and O–H groups in total. The van der Waals surface area contributed by atoms with E-state index >= 15 is 0 Å². The van der Waals surface area contributed by atoms with Crippen molar-refractivity contribution in [3.05, 3.63) is 59.0 Å². The number of ether oxygens (including phenoxy) is 2. The van der Waals surface area contributed by atoms with E-state index < -0.39 is 0 Å². The number of thioether (sulfide) groups is 1. The smallest absolute Gasteiger partial charge is 0.298 e. The topological polar surface area (TPSA) is 55.8 Å². The minimum Gasteiger partial charge on any atom is -0.497 e. The van der Waals surface area contributed by atoms with Crippen LogP contribution in [0.15, 0.2) is 53.4 Å². The number of amides is 2. The van der Waals surface area contributed by atoms with Crippen LogP contribution in [0.2, 0.25) is 0 Å². The Morgan fingerprint density at radius 2 is 1.92 bits per heavy atom. The minimum absolute atomic E-state index is 0.341. The third kappa shape index (κ3) is 3.53. The van der Waals surface area contributed by atoms with Crippen LogP contribution in [0.3, 0.4) is 0 Å². The number of benzene rings is 2. The fourth-order valence-corrected chi connectivity index (χ4v) is 3.31. The van der Waals surface area contributed by atoms with Crippen molar-refractivity contribution in [2.75, 3.05) is 18.6 Å². The summed E-state index contributed by atoms with van der Waals surface area (Å²) >= 11 is 0.914. The molecule has 5 nitrogen and oxygen atoms in total. The standard InChI is InChI=1S/C19H17NO4S/c1-3-24-16-10-5-4-9-15(16)20-18(21)17(25-19(20)22)12-13-7-6-8-14(11-13)23-2/h4-12H,3H2,1-2H3/b17-12-. The molecule has 2 aromatic rings. The van der Waals surface area contributed by atoms with Gasteiger partial charge in [0, 0.05) is 0 Å². The van der Waals surface area contributed by atoms with Crippen LogP contribution in [-0.2, 0) is 4.79 Å². The molecule has 0 saturated carbocycles. The molecule has 0 aliphatic carbocycles. The zero-order chi connectivity index (χ0) is 17.8. The molecule has 0 aromatic heterocycles. The number of anilines is 1. The number of methoxy groups -OCH3 is 1. The maximum absolute atomic E-state index is 12.8. The summed E-state index contributed by atoms with van der Waals surface area (Å²) in [6.45, 7) is 2.31. The lowest BCUT2D eigenvalue weighted by atomic mass is 10.2. The zero-order valence-corrected chi connectivity index (χ0v) is 14.7. The molecule has 0 bridgehead atoms. The first-order valence-electron chi connectivity index (χ1n) is 7.78. The van der Waals surface area contributed by atoms with Gasteiger partial charge >= 0.3 is 0 Å². The van der Waals surface area contributed by atoms with Crippen LogP contribution in [0.25, 0.3) is 6.08 Å². The third-order valence-electron chi connectivity index (χ3n) is 3.59. The zero-order valence-electron chi connectivity index (χ0n) is 13.9. The maximum Gasteiger partial charge on any atom is 0.298 e. The summed E-state index contributed by atoms with van der Waals surface area (Å²) in [6.07, 6.45) is 1.69. The fraction of sp³-hybridized carbons (Fsp3) is 0.158. The molecule has 1 fully saturated rings. The Balaban J connectivity index is 1.94. The Kier molecular flexibility index (Phi) is 5.09. The van der Waals surface area contributed by atoms with Crippen molar-refractivity contribution in [2.24, 2.45) is 0 Å². The van der Waals surface area contributed by atoms with Crippen LogP contribution in [-0.4, -0.2) is 24.9 Å². The monoisotopic (exact) mass is 355 g/mol. The second-order valence-corrected chi connectivity index (χ2v) is 6.19. The molecule has 128 valence electrons. The van der Waals surface area contributed by atoms with E-state index in [1.807, 2.05) is 31.2 Å². The van der Waals surface area contributed by atoms with E-state index in [1.165, 1.54) is 0 Å². The summed E-state index contributed by atoms with van der Waals surface area (Å²) in [4.78, 5) is 26.7. The number of hydrogen-bond acceptors (Lipinski definition) is 5. The second-order valence-electron chi connectivity index (χ2n) is 5.19. The van der Waals surface area contributed by atoms with Gasteiger partial charge in [0.2, 0.25) is 0 Å². The maximum atomic E-state index is 12.8. The van der Waals surface area contributed by atoms with Crippen molar-refractivity contribution >= 4 is 34.7 Å². The quantitative estimate of drug-likeness (QED) is 0.747. The number of nitrogens with zero attached hydrogens (tertiary/aromatic N) is 1. The molecule has 0 atom stereocenters. The van der Waals surface area contributed by atoms with Gasteiger partial charge in [-0.3, -0.25) is 9.59 Å². The molecule has 2 amide bonds. The second kappa shape index (κ2) is 7.44. The SMILES string of the molecule is CCOc1ccccc1N1C(=O)S/C(=C\c2cccc(OC)c2)C1=O. The normalized spacial score (nSPS) is 15.8. The highest BCUT2D eigenvalue weighted by Crippen LogP contribution is 2.39. The summed E-state index contributed by atoms with van der Waals surface area (Å²) in [5.74, 6) is 0.842. The van der Waals surface area contributed by atoms with Gasteiger partial charge in [0.25, 0.3) is 11.1 Å². The van der Waals surface area contributed by atoms with Gasteiger partial charge in [-0.05, 0) is 54.6 Å². The summed E-state index contributed by atoms with van der Waals surface area (Å²) in [6, 6.07) is 14.3. The van der Waals surface area contributed by atoms with Crippen molar-refractivity contribution in [2.45, 2.75) is 6.92 Å². The van der Waals surface area contributed by atoms with Gasteiger partial charge in [0.15, 0.2) is 0 Å². The molecular weight excluding hydrogens is 338 g/mol. The average Bonchev–Trinajstić information content (AvgIpc) is 2.89. The predicted octanol–water partition coefficient (Wildman–Crippen LogP) is 4.33. The van der Waals surface area contributed by atoms with Gasteiger partial charge in [0.1, 0.15) is 11.5 Å². The van der Waals surface area contributed by atoms with Crippen LogP contribution in [0.5, 0.6) is 11.5 Å². The number of rotatable bonds is 5. The average molecular weight is 355 g/mol. The van der Waals surface area contributed by atoms with Gasteiger partial charge in [-0.2, -0.15) is 0 Å². The van der Waals surface area contributed by atoms with Gasteiger partial charge < -0.3 is 9.47 Å². The highest BCUT2D eigenvalue weighted by atomic mass is 32.2. The van der Waals surface area contributed by atoms with Crippen LogP contribution in [0.4, 0.5) is 10.5 Å². The van der Waals surface area contributed by atoms with Crippen molar-refractivity contribution in [3.63, 3.8) is 0 Å². The highest BCUT2D eigenvalue weighted by molar-refractivity contribution is 8.19. The molecule has 1 aliphatic heterocycles. The molecule has 3 rings (SSSR count). The molecule has 2 aromatic carbocycles. The first-order chi connectivity index (χ1) is 12.1. The van der Waals surface area contributed by atoms with E-state index in [2.05, 4.69) is 0 Å². The van der Waals surface area contributed by atoms with Crippen molar-refractivity contribution < 1.29 is 19.1 Å². The fourth-order valence-electron chi connectivity index (χ4n) is 2.48. The number of carbonyl (C=O) groups is 2. The van der Waals surface area contributed by atoms with Crippen LogP contribution in [0.1, 0.15) is 12.5 Å². The van der Waals surface area contributed by atoms with E-state index in [1.54, 1.807) is 37.5 Å². The largest absolute Gasteiger partial charge is 0.497 e. The summed E-state index contributed by atoms with van der Waals surface area (Å²) in [5, 5.41) is -0.341. The Bertz CT molecular complexity index is 847. The Morgan fingerprint density at radius 3 is 2.68 bits per heavy atom. The summed E-state index contributed by atoms with van der Waals surface area (Å²) in [5.41, 5.74) is 1.25. The van der Waals surface area contributed by atoms with Crippen LogP contribution < -0.4 is 14.4 Å². The first-order valence-corrected chi connectivity index (χ1v) is 8.59. The molecular formula is C19H17NO4S. The van der Waals surface area contributed by atoms with Crippen LogP contribution >= 0.6 is 11.8 Å². The van der Waals surface area contributed by atoms with Crippen molar-refractivity contribution in [3.8, 4) is 11.5 Å². The van der Waals surface area contributed by atoms with Gasteiger partial charge in [-0.25, -0.2) is 4.90 Å². The van der Waals surface area contributed by atoms with E-state index in [0.717, 1.165) is 22.2 Å². The van der Waals surface area contributed by atoms with Gasteiger partial charge in [-0.15, -0.1) is 0 Å². The number of carbonyl (C=O) groups excluding carboxylic acids is 2. The molecule has 1 heterocycles. The van der Waals surface area contributed by atoms with Crippen LogP contribution in [0, 0.1) is 0 Å². The first kappa shape index (κ1) is 17.1. The number of hydrogen-bond donors (Lipinski definition) is 0. The third-order valence-corrected chi connectivity index (χ3v) is 4.46. The van der Waals surface area contributed by atoms with E-state index in [-0.39, 0.29) is 11.1 Å². The Hall–Kier alpha value is -2.73. The minimum atomic E-state index is -0.357. The van der Waals surface area contributed by atoms with E-state index in [9.17, 15) is 9.59 Å². The van der Waals surface area contributed by atoms with Crippen molar-refractivity contribution in [1.29, 1.82) is 0 Å². The lowest BCUT2D eigenvalue weighted by Gasteiger charge is -2.16. The lowest BCUT2D eigenvalue weighted by molar-refractivity contribution is -0.113. The summed E-state index contributed by atoms with van der Waals surface area (Å²) in [7, 11) is 1.58.